The molecule has 0 saturated carbocycles. The lowest BCUT2D eigenvalue weighted by Gasteiger charge is -2.16. The molecule has 0 unspecified atom stereocenters. The van der Waals surface area contributed by atoms with E-state index >= 15 is 0 Å². The molecule has 4 heteroatoms. The summed E-state index contributed by atoms with van der Waals surface area (Å²) in [5.41, 5.74) is 1.47. The summed E-state index contributed by atoms with van der Waals surface area (Å²) in [4.78, 5) is 27.7. The summed E-state index contributed by atoms with van der Waals surface area (Å²) < 4.78 is 12.0. The number of carbonyl (C=O) groups is 2. The zero-order chi connectivity index (χ0) is 32.1. The van der Waals surface area contributed by atoms with Gasteiger partial charge in [-0.05, 0) is 63.9 Å². The highest BCUT2D eigenvalue weighted by Gasteiger charge is 2.24. The Balaban J connectivity index is 1.44. The highest BCUT2D eigenvalue weighted by molar-refractivity contribution is 6.27. The molecule has 240 valence electrons. The number of carbonyl (C=O) groups excluding carboxylic acids is 2. The minimum absolute atomic E-state index is 0.263. The fourth-order valence-electron chi connectivity index (χ4n) is 6.60. The van der Waals surface area contributed by atoms with Crippen molar-refractivity contribution in [3.8, 4) is 5.75 Å². The second kappa shape index (κ2) is 16.9. The molecule has 0 fully saturated rings. The normalized spacial score (nSPS) is 11.3. The van der Waals surface area contributed by atoms with E-state index in [-0.39, 0.29) is 5.56 Å². The van der Waals surface area contributed by atoms with Crippen molar-refractivity contribution in [2.45, 2.75) is 97.3 Å². The van der Waals surface area contributed by atoms with Gasteiger partial charge in [-0.2, -0.15) is 0 Å². The highest BCUT2D eigenvalue weighted by atomic mass is 16.5. The van der Waals surface area contributed by atoms with Crippen LogP contribution in [0, 0.1) is 0 Å². The highest BCUT2D eigenvalue weighted by Crippen LogP contribution is 2.39. The molecule has 5 aromatic rings. The number of hydrogen-bond donors (Lipinski definition) is 0. The predicted molar refractivity (Wildman–Crippen MR) is 191 cm³/mol. The van der Waals surface area contributed by atoms with Gasteiger partial charge in [-0.15, -0.1) is 0 Å². The molecule has 5 aromatic carbocycles. The fraction of sp³-hybridized carbons (Fsp3) is 0.381. The van der Waals surface area contributed by atoms with Crippen molar-refractivity contribution in [1.29, 1.82) is 0 Å². The van der Waals surface area contributed by atoms with Gasteiger partial charge < -0.3 is 9.47 Å². The summed E-state index contributed by atoms with van der Waals surface area (Å²) in [5.74, 6) is -0.491. The van der Waals surface area contributed by atoms with Gasteiger partial charge in [0.15, 0.2) is 0 Å². The molecule has 0 aliphatic heterocycles. The minimum Gasteiger partial charge on any atom is -0.462 e. The molecule has 0 atom stereocenters. The molecule has 0 spiro atoms. The third-order valence-corrected chi connectivity index (χ3v) is 9.04. The summed E-state index contributed by atoms with van der Waals surface area (Å²) in [7, 11) is 0. The number of benzene rings is 5. The van der Waals surface area contributed by atoms with Crippen LogP contribution < -0.4 is 4.74 Å². The van der Waals surface area contributed by atoms with E-state index in [1.807, 2.05) is 42.5 Å². The minimum atomic E-state index is -0.541. The number of aryl methyl sites for hydroxylation is 1. The van der Waals surface area contributed by atoms with Crippen molar-refractivity contribution in [3.05, 3.63) is 102 Å². The first-order chi connectivity index (χ1) is 22.6. The van der Waals surface area contributed by atoms with Crippen molar-refractivity contribution in [2.24, 2.45) is 0 Å². The second-order valence-electron chi connectivity index (χ2n) is 12.4. The molecular weight excluding hydrogens is 568 g/mol. The lowest BCUT2D eigenvalue weighted by molar-refractivity contribution is 0.0488. The molecule has 0 aliphatic carbocycles. The van der Waals surface area contributed by atoms with Gasteiger partial charge in [0.05, 0.1) is 17.7 Å². The van der Waals surface area contributed by atoms with E-state index in [0.717, 1.165) is 76.4 Å². The van der Waals surface area contributed by atoms with Crippen LogP contribution in [0.1, 0.15) is 117 Å². The van der Waals surface area contributed by atoms with Gasteiger partial charge >= 0.3 is 11.9 Å². The Hall–Kier alpha value is -4.18. The predicted octanol–water partition coefficient (Wildman–Crippen LogP) is 11.8. The zero-order valence-corrected chi connectivity index (χ0v) is 27.6. The molecule has 5 rings (SSSR count). The van der Waals surface area contributed by atoms with Crippen molar-refractivity contribution in [2.75, 3.05) is 6.61 Å². The summed E-state index contributed by atoms with van der Waals surface area (Å²) in [6, 6.07) is 27.9. The van der Waals surface area contributed by atoms with Gasteiger partial charge in [-0.3, -0.25) is 0 Å². The quantitative estimate of drug-likeness (QED) is 0.0451. The van der Waals surface area contributed by atoms with Crippen LogP contribution in [0.4, 0.5) is 0 Å². The lowest BCUT2D eigenvalue weighted by atomic mass is 9.94. The summed E-state index contributed by atoms with van der Waals surface area (Å²) in [6.45, 7) is 4.78. The first-order valence-electron chi connectivity index (χ1n) is 17.5. The maximum atomic E-state index is 14.0. The van der Waals surface area contributed by atoms with E-state index in [1.54, 1.807) is 6.07 Å². The van der Waals surface area contributed by atoms with Crippen LogP contribution >= 0.6 is 0 Å². The zero-order valence-electron chi connectivity index (χ0n) is 27.6. The van der Waals surface area contributed by atoms with Gasteiger partial charge in [0, 0.05) is 5.39 Å². The van der Waals surface area contributed by atoms with Crippen LogP contribution in [0.3, 0.4) is 0 Å². The Morgan fingerprint density at radius 3 is 1.70 bits per heavy atom. The number of rotatable bonds is 17. The molecule has 0 amide bonds. The molecule has 0 aromatic heterocycles. The number of hydrogen-bond acceptors (Lipinski definition) is 4. The molecular formula is C42H48O4. The van der Waals surface area contributed by atoms with Gasteiger partial charge in [-0.25, -0.2) is 9.59 Å². The molecule has 0 N–H and O–H groups in total. The van der Waals surface area contributed by atoms with Gasteiger partial charge in [0.1, 0.15) is 5.75 Å². The van der Waals surface area contributed by atoms with Crippen molar-refractivity contribution < 1.29 is 19.1 Å². The van der Waals surface area contributed by atoms with Gasteiger partial charge in [0.2, 0.25) is 0 Å². The summed E-state index contributed by atoms with van der Waals surface area (Å²) in [5, 5.41) is 6.31. The molecule has 0 aliphatic rings. The Kier molecular flexibility index (Phi) is 12.2. The monoisotopic (exact) mass is 616 g/mol. The van der Waals surface area contributed by atoms with Gasteiger partial charge in [-0.1, -0.05) is 151 Å². The van der Waals surface area contributed by atoms with Crippen molar-refractivity contribution >= 4 is 44.3 Å². The standard InChI is InChI=1S/C42H48O4/c1-3-5-7-9-11-13-21-31-22-19-28-37(39(31)42(44)45-30-18-12-10-8-6-4-2)41(43)46-38-29-20-27-36-34-24-15-14-23-32(34)33-25-16-17-26-35(33)40(36)38/h14-17,19-20,22-29H,3-13,18,21,30H2,1-2H3. The SMILES string of the molecule is CCCCCCCCOC(=O)c1c(CCCCCCCC)cccc1C(=O)Oc1cccc2c3ccccc3c3ccccc3c12. The van der Waals surface area contributed by atoms with Crippen molar-refractivity contribution in [3.63, 3.8) is 0 Å². The van der Waals surface area contributed by atoms with E-state index in [2.05, 4.69) is 50.2 Å². The average Bonchev–Trinajstić information content (AvgIpc) is 3.09. The average molecular weight is 617 g/mol. The molecule has 0 radical (unpaired) electrons. The van der Waals surface area contributed by atoms with Crippen LogP contribution in [0.2, 0.25) is 0 Å². The molecule has 0 saturated heterocycles. The first-order valence-corrected chi connectivity index (χ1v) is 17.5. The lowest BCUT2D eigenvalue weighted by Crippen LogP contribution is -2.18. The third-order valence-electron chi connectivity index (χ3n) is 9.04. The summed E-state index contributed by atoms with van der Waals surface area (Å²) in [6.07, 6.45) is 14.3. The maximum Gasteiger partial charge on any atom is 0.344 e. The van der Waals surface area contributed by atoms with Crippen LogP contribution in [0.25, 0.3) is 32.3 Å². The van der Waals surface area contributed by atoms with E-state index in [9.17, 15) is 9.59 Å². The van der Waals surface area contributed by atoms with Crippen molar-refractivity contribution in [1.82, 2.24) is 0 Å². The van der Waals surface area contributed by atoms with E-state index in [0.29, 0.717) is 17.9 Å². The Morgan fingerprint density at radius 2 is 1.04 bits per heavy atom. The summed E-state index contributed by atoms with van der Waals surface area (Å²) >= 11 is 0. The van der Waals surface area contributed by atoms with E-state index in [4.69, 9.17) is 9.47 Å². The topological polar surface area (TPSA) is 52.6 Å². The molecule has 0 bridgehead atoms. The fourth-order valence-corrected chi connectivity index (χ4v) is 6.60. The largest absolute Gasteiger partial charge is 0.462 e. The number of esters is 2. The number of ether oxygens (including phenoxy) is 2. The number of unbranched alkanes of at least 4 members (excludes halogenated alkanes) is 10. The van der Waals surface area contributed by atoms with Crippen LogP contribution in [0.15, 0.2) is 84.9 Å². The second-order valence-corrected chi connectivity index (χ2v) is 12.4. The Bertz CT molecular complexity index is 1720. The van der Waals surface area contributed by atoms with E-state index in [1.165, 1.54) is 44.9 Å². The smallest absolute Gasteiger partial charge is 0.344 e. The Morgan fingerprint density at radius 1 is 0.522 bits per heavy atom. The molecule has 46 heavy (non-hydrogen) atoms. The van der Waals surface area contributed by atoms with E-state index < -0.39 is 11.9 Å². The first kappa shape index (κ1) is 33.2. The Labute approximate surface area is 274 Å². The van der Waals surface area contributed by atoms with Crippen LogP contribution in [-0.2, 0) is 11.2 Å². The molecule has 4 nitrogen and oxygen atoms in total. The molecule has 0 heterocycles. The third kappa shape index (κ3) is 7.96. The maximum absolute atomic E-state index is 14.0. The van der Waals surface area contributed by atoms with Gasteiger partial charge in [0.25, 0.3) is 0 Å². The van der Waals surface area contributed by atoms with Crippen LogP contribution in [-0.4, -0.2) is 18.5 Å². The van der Waals surface area contributed by atoms with Crippen LogP contribution in [0.5, 0.6) is 5.75 Å². The number of fused-ring (bicyclic) bond motifs is 6.